The number of nitro benzene ring substituents is 1. The maximum atomic E-state index is 12.9. The van der Waals surface area contributed by atoms with Crippen LogP contribution < -0.4 is 4.90 Å². The Balaban J connectivity index is 1.79. The number of carbonyl (C=O) groups is 2. The average Bonchev–Trinajstić information content (AvgIpc) is 2.83. The SMILES string of the molecule is Cc1ccc([N+](=O)[O-])cc1N1C(=O)[C@@H]2[C@H](C1=O)[C@@H]1C=C[C@H]2CC1. The monoisotopic (exact) mass is 312 g/mol. The standard InChI is InChI=1S/C17H16N2O4/c1-9-2-7-12(19(22)23)8-13(9)18-16(20)14-10-3-4-11(6-5-10)15(14)17(18)21/h2-4,7-8,10-11,14-15H,5-6H2,1H3/t10-,11+,14-,15+. The first kappa shape index (κ1) is 14.1. The Morgan fingerprint density at radius 1 is 1.09 bits per heavy atom. The third-order valence-corrected chi connectivity index (χ3v) is 5.40. The Hall–Kier alpha value is -2.50. The molecule has 1 saturated carbocycles. The number of rotatable bonds is 2. The number of hydrogen-bond acceptors (Lipinski definition) is 4. The molecule has 5 rings (SSSR count). The number of imide groups is 1. The molecule has 23 heavy (non-hydrogen) atoms. The highest BCUT2D eigenvalue weighted by atomic mass is 16.6. The molecule has 0 unspecified atom stereocenters. The normalized spacial score (nSPS) is 31.6. The summed E-state index contributed by atoms with van der Waals surface area (Å²) in [5.41, 5.74) is 0.932. The van der Waals surface area contributed by atoms with Crippen molar-refractivity contribution in [3.05, 3.63) is 46.0 Å². The molecule has 1 saturated heterocycles. The number of anilines is 1. The van der Waals surface area contributed by atoms with E-state index in [9.17, 15) is 19.7 Å². The zero-order valence-corrected chi connectivity index (χ0v) is 12.6. The predicted molar refractivity (Wildman–Crippen MR) is 82.7 cm³/mol. The van der Waals surface area contributed by atoms with E-state index in [-0.39, 0.29) is 41.2 Å². The van der Waals surface area contributed by atoms with Gasteiger partial charge in [0.05, 0.1) is 22.4 Å². The molecule has 2 fully saturated rings. The van der Waals surface area contributed by atoms with Gasteiger partial charge in [0, 0.05) is 12.1 Å². The van der Waals surface area contributed by atoms with Gasteiger partial charge in [-0.1, -0.05) is 18.2 Å². The van der Waals surface area contributed by atoms with Crippen LogP contribution in [0.15, 0.2) is 30.4 Å². The number of nitro groups is 1. The van der Waals surface area contributed by atoms with E-state index in [0.29, 0.717) is 11.3 Å². The van der Waals surface area contributed by atoms with E-state index in [0.717, 1.165) is 12.8 Å². The van der Waals surface area contributed by atoms with Crippen LogP contribution in [-0.2, 0) is 9.59 Å². The molecular formula is C17H16N2O4. The molecule has 1 heterocycles. The van der Waals surface area contributed by atoms with Crippen molar-refractivity contribution < 1.29 is 14.5 Å². The summed E-state index contributed by atoms with van der Waals surface area (Å²) < 4.78 is 0. The molecule has 0 aromatic heterocycles. The minimum atomic E-state index is -0.508. The fourth-order valence-electron chi connectivity index (χ4n) is 4.26. The number of nitrogens with zero attached hydrogens (tertiary/aromatic N) is 2. The minimum Gasteiger partial charge on any atom is -0.274 e. The molecule has 4 aliphatic rings. The second-order valence-corrected chi connectivity index (χ2v) is 6.58. The van der Waals surface area contributed by atoms with E-state index >= 15 is 0 Å². The van der Waals surface area contributed by atoms with E-state index in [1.165, 1.54) is 17.0 Å². The molecule has 0 spiro atoms. The number of carbonyl (C=O) groups excluding carboxylic acids is 2. The van der Waals surface area contributed by atoms with Gasteiger partial charge in [-0.3, -0.25) is 19.7 Å². The van der Waals surface area contributed by atoms with Gasteiger partial charge < -0.3 is 0 Å². The number of hydrogen-bond donors (Lipinski definition) is 0. The fourth-order valence-corrected chi connectivity index (χ4v) is 4.26. The highest BCUT2D eigenvalue weighted by Crippen LogP contribution is 2.50. The van der Waals surface area contributed by atoms with Crippen molar-refractivity contribution in [3.63, 3.8) is 0 Å². The van der Waals surface area contributed by atoms with Crippen molar-refractivity contribution in [2.45, 2.75) is 19.8 Å². The number of allylic oxidation sites excluding steroid dienone is 2. The first-order valence-corrected chi connectivity index (χ1v) is 7.80. The lowest BCUT2D eigenvalue weighted by atomic mass is 9.63. The summed E-state index contributed by atoms with van der Waals surface area (Å²) >= 11 is 0. The van der Waals surface area contributed by atoms with Gasteiger partial charge in [-0.05, 0) is 37.2 Å². The summed E-state index contributed by atoms with van der Waals surface area (Å²) in [6.45, 7) is 1.76. The molecule has 118 valence electrons. The summed E-state index contributed by atoms with van der Waals surface area (Å²) in [7, 11) is 0. The van der Waals surface area contributed by atoms with Gasteiger partial charge in [-0.15, -0.1) is 0 Å². The Kier molecular flexibility index (Phi) is 2.91. The van der Waals surface area contributed by atoms with Crippen LogP contribution in [0.25, 0.3) is 0 Å². The highest BCUT2D eigenvalue weighted by Gasteiger charge is 2.57. The van der Waals surface area contributed by atoms with E-state index in [4.69, 9.17) is 0 Å². The zero-order chi connectivity index (χ0) is 16.3. The largest absolute Gasteiger partial charge is 0.274 e. The number of benzene rings is 1. The Morgan fingerprint density at radius 3 is 2.13 bits per heavy atom. The molecule has 1 aliphatic heterocycles. The lowest BCUT2D eigenvalue weighted by Gasteiger charge is -2.38. The van der Waals surface area contributed by atoms with E-state index in [1.54, 1.807) is 13.0 Å². The molecule has 6 nitrogen and oxygen atoms in total. The van der Waals surface area contributed by atoms with E-state index in [2.05, 4.69) is 12.2 Å². The third kappa shape index (κ3) is 1.87. The van der Waals surface area contributed by atoms with Gasteiger partial charge in [0.15, 0.2) is 0 Å². The summed E-state index contributed by atoms with van der Waals surface area (Å²) in [6.07, 6.45) is 5.99. The quantitative estimate of drug-likeness (QED) is 0.364. The molecule has 4 atom stereocenters. The van der Waals surface area contributed by atoms with E-state index in [1.807, 2.05) is 0 Å². The van der Waals surface area contributed by atoms with Crippen LogP contribution in [0.5, 0.6) is 0 Å². The second kappa shape index (κ2) is 4.75. The van der Waals surface area contributed by atoms with Crippen LogP contribution >= 0.6 is 0 Å². The number of fused-ring (bicyclic) bond motifs is 1. The van der Waals surface area contributed by atoms with Crippen molar-refractivity contribution in [1.29, 1.82) is 0 Å². The Bertz CT molecular complexity index is 738. The van der Waals surface area contributed by atoms with Crippen LogP contribution in [-0.4, -0.2) is 16.7 Å². The average molecular weight is 312 g/mol. The van der Waals surface area contributed by atoms with Gasteiger partial charge in [0.2, 0.25) is 11.8 Å². The van der Waals surface area contributed by atoms with Crippen LogP contribution in [0.2, 0.25) is 0 Å². The van der Waals surface area contributed by atoms with Crippen LogP contribution in [0.1, 0.15) is 18.4 Å². The molecule has 0 N–H and O–H groups in total. The molecule has 1 aromatic carbocycles. The minimum absolute atomic E-state index is 0.109. The van der Waals surface area contributed by atoms with Crippen LogP contribution in [0, 0.1) is 40.7 Å². The first-order chi connectivity index (χ1) is 11.0. The predicted octanol–water partition coefficient (Wildman–Crippen LogP) is 2.60. The summed E-state index contributed by atoms with van der Waals surface area (Å²) in [4.78, 5) is 37.4. The van der Waals surface area contributed by atoms with Gasteiger partial charge in [0.1, 0.15) is 0 Å². The smallest absolute Gasteiger partial charge is 0.271 e. The van der Waals surface area contributed by atoms with Crippen LogP contribution in [0.3, 0.4) is 0 Å². The summed E-state index contributed by atoms with van der Waals surface area (Å²) in [5.74, 6) is -0.781. The lowest BCUT2D eigenvalue weighted by molar-refractivity contribution is -0.384. The van der Waals surface area contributed by atoms with Crippen molar-refractivity contribution in [2.75, 3.05) is 4.90 Å². The van der Waals surface area contributed by atoms with Gasteiger partial charge >= 0.3 is 0 Å². The second-order valence-electron chi connectivity index (χ2n) is 6.58. The van der Waals surface area contributed by atoms with Crippen LogP contribution in [0.4, 0.5) is 11.4 Å². The number of amides is 2. The van der Waals surface area contributed by atoms with E-state index < -0.39 is 4.92 Å². The van der Waals surface area contributed by atoms with Crippen molar-refractivity contribution in [1.82, 2.24) is 0 Å². The van der Waals surface area contributed by atoms with Crippen molar-refractivity contribution in [2.24, 2.45) is 23.7 Å². The first-order valence-electron chi connectivity index (χ1n) is 7.80. The maximum absolute atomic E-state index is 12.9. The molecule has 1 aromatic rings. The molecule has 0 radical (unpaired) electrons. The molecule has 6 heteroatoms. The fraction of sp³-hybridized carbons (Fsp3) is 0.412. The van der Waals surface area contributed by atoms with Gasteiger partial charge in [-0.2, -0.15) is 0 Å². The molecule has 2 bridgehead atoms. The Labute approximate surface area is 132 Å². The maximum Gasteiger partial charge on any atom is 0.271 e. The summed E-state index contributed by atoms with van der Waals surface area (Å²) in [6, 6.07) is 4.31. The summed E-state index contributed by atoms with van der Waals surface area (Å²) in [5, 5.41) is 11.0. The Morgan fingerprint density at radius 2 is 1.65 bits per heavy atom. The number of aryl methyl sites for hydroxylation is 1. The van der Waals surface area contributed by atoms with Gasteiger partial charge in [-0.25, -0.2) is 4.90 Å². The zero-order valence-electron chi connectivity index (χ0n) is 12.6. The van der Waals surface area contributed by atoms with Crippen molar-refractivity contribution >= 4 is 23.2 Å². The third-order valence-electron chi connectivity index (χ3n) is 5.40. The highest BCUT2D eigenvalue weighted by molar-refractivity contribution is 6.23. The van der Waals surface area contributed by atoms with Gasteiger partial charge in [0.25, 0.3) is 5.69 Å². The lowest BCUT2D eigenvalue weighted by Crippen LogP contribution is -2.38. The molecule has 2 amide bonds. The number of non-ortho nitro benzene ring substituents is 1. The molecule has 3 aliphatic carbocycles. The topological polar surface area (TPSA) is 80.5 Å². The molecular weight excluding hydrogens is 296 g/mol. The van der Waals surface area contributed by atoms with Crippen molar-refractivity contribution in [3.8, 4) is 0 Å².